The molecule has 0 saturated heterocycles. The van der Waals surface area contributed by atoms with Crippen molar-refractivity contribution in [3.63, 3.8) is 0 Å². The van der Waals surface area contributed by atoms with Gasteiger partial charge in [-0.15, -0.1) is 17.0 Å². The quantitative estimate of drug-likeness (QED) is 0.296. The molecule has 0 spiro atoms. The Kier molecular flexibility index (Phi) is 7.36. The van der Waals surface area contributed by atoms with Crippen LogP contribution in [0.1, 0.15) is 52.6 Å². The molecule has 0 bridgehead atoms. The van der Waals surface area contributed by atoms with Crippen molar-refractivity contribution in [2.45, 2.75) is 39.3 Å². The van der Waals surface area contributed by atoms with Crippen LogP contribution in [-0.2, 0) is 18.5 Å². The Labute approximate surface area is 213 Å². The monoisotopic (exact) mass is 537 g/mol. The Morgan fingerprint density at radius 1 is 0.914 bits per heavy atom. The minimum Gasteiger partial charge on any atom is -0.507 e. The Hall–Kier alpha value is -3.65. The van der Waals surface area contributed by atoms with Gasteiger partial charge in [-0.05, 0) is 35.2 Å². The number of carbonyl (C=O) groups excluding carboxylic acids is 1. The number of phenols is 1. The fourth-order valence-electron chi connectivity index (χ4n) is 4.15. The van der Waals surface area contributed by atoms with E-state index < -0.39 is 11.4 Å². The zero-order valence-electron chi connectivity index (χ0n) is 19.8. The number of ketones is 1. The van der Waals surface area contributed by atoms with E-state index >= 15 is 0 Å². The maximum atomic E-state index is 13.4. The number of carboxylic acids is 1. The molecule has 35 heavy (non-hydrogen) atoms. The lowest BCUT2D eigenvalue weighted by Gasteiger charge is -2.22. The highest BCUT2D eigenvalue weighted by Gasteiger charge is 2.26. The van der Waals surface area contributed by atoms with Gasteiger partial charge in [0.25, 0.3) is 0 Å². The van der Waals surface area contributed by atoms with Crippen LogP contribution in [0.2, 0.25) is 0 Å². The highest BCUT2D eigenvalue weighted by atomic mass is 79.9. The third-order valence-corrected chi connectivity index (χ3v) is 5.93. The number of imidazole rings is 1. The molecule has 1 heterocycles. The van der Waals surface area contributed by atoms with E-state index in [4.69, 9.17) is 5.41 Å². The summed E-state index contributed by atoms with van der Waals surface area (Å²) in [5.74, 6) is -1.97. The summed E-state index contributed by atoms with van der Waals surface area (Å²) in [5, 5.41) is 28.9. The van der Waals surface area contributed by atoms with Crippen molar-refractivity contribution < 1.29 is 19.8 Å². The Morgan fingerprint density at radius 2 is 1.49 bits per heavy atom. The zero-order valence-corrected chi connectivity index (χ0v) is 21.5. The second-order valence-electron chi connectivity index (χ2n) is 9.37. The van der Waals surface area contributed by atoms with Crippen molar-refractivity contribution in [1.29, 1.82) is 5.41 Å². The number of aromatic carboxylic acids is 1. The van der Waals surface area contributed by atoms with Crippen molar-refractivity contribution >= 4 is 39.8 Å². The number of hydrogen-bond acceptors (Lipinski definition) is 4. The first-order valence-corrected chi connectivity index (χ1v) is 11.0. The van der Waals surface area contributed by atoms with Gasteiger partial charge < -0.3 is 19.3 Å². The fraction of sp³-hybridized carbons (Fsp3) is 0.222. The van der Waals surface area contributed by atoms with E-state index in [1.165, 1.54) is 6.07 Å². The number of fused-ring (bicyclic) bond motifs is 1. The maximum absolute atomic E-state index is 13.4. The number of nitrogens with one attached hydrogen (secondary N) is 1. The van der Waals surface area contributed by atoms with Crippen LogP contribution in [0.15, 0.2) is 66.7 Å². The molecule has 182 valence electrons. The van der Waals surface area contributed by atoms with Gasteiger partial charge in [-0.2, -0.15) is 0 Å². The SMILES string of the molecule is Br.CC(C)(C)c1cc(C(=O)Cn2c(=N)n(Cc3ccccc3)c3ccccc32)cc(C(=O)O)c1O. The minimum atomic E-state index is -1.30. The molecule has 8 heteroatoms. The molecule has 0 atom stereocenters. The van der Waals surface area contributed by atoms with Gasteiger partial charge in [-0.1, -0.05) is 63.2 Å². The van der Waals surface area contributed by atoms with E-state index in [9.17, 15) is 19.8 Å². The van der Waals surface area contributed by atoms with Crippen molar-refractivity contribution in [3.8, 4) is 5.75 Å². The normalized spacial score (nSPS) is 11.3. The average molecular weight is 538 g/mol. The number of halogens is 1. The molecule has 0 aliphatic heterocycles. The lowest BCUT2D eigenvalue weighted by molar-refractivity contribution is 0.0693. The Bertz CT molecular complexity index is 1460. The number of carbonyl (C=O) groups is 2. The number of aromatic nitrogens is 2. The average Bonchev–Trinajstić information content (AvgIpc) is 3.05. The molecule has 3 N–H and O–H groups in total. The largest absolute Gasteiger partial charge is 0.507 e. The first kappa shape index (κ1) is 26.0. The number of benzene rings is 3. The molecule has 7 nitrogen and oxygen atoms in total. The molecule has 3 aromatic carbocycles. The molecule has 0 aliphatic rings. The summed E-state index contributed by atoms with van der Waals surface area (Å²) in [5.41, 5.74) is 2.48. The highest BCUT2D eigenvalue weighted by molar-refractivity contribution is 8.93. The van der Waals surface area contributed by atoms with Gasteiger partial charge in [-0.25, -0.2) is 4.79 Å². The second-order valence-corrected chi connectivity index (χ2v) is 9.37. The van der Waals surface area contributed by atoms with Crippen molar-refractivity contribution in [2.24, 2.45) is 0 Å². The van der Waals surface area contributed by atoms with Crippen molar-refractivity contribution in [1.82, 2.24) is 9.13 Å². The van der Waals surface area contributed by atoms with Crippen molar-refractivity contribution in [2.75, 3.05) is 0 Å². The number of rotatable bonds is 6. The van der Waals surface area contributed by atoms with Gasteiger partial charge in [0.1, 0.15) is 11.3 Å². The number of hydrogen-bond donors (Lipinski definition) is 3. The molecule has 4 aromatic rings. The third kappa shape index (κ3) is 5.07. The molecular weight excluding hydrogens is 510 g/mol. The Balaban J connectivity index is 0.00000342. The summed E-state index contributed by atoms with van der Waals surface area (Å²) < 4.78 is 3.47. The Morgan fingerprint density at radius 3 is 2.06 bits per heavy atom. The first-order valence-electron chi connectivity index (χ1n) is 11.0. The van der Waals surface area contributed by atoms with Crippen LogP contribution in [0, 0.1) is 5.41 Å². The number of nitrogens with zero attached hydrogens (tertiary/aromatic N) is 2. The van der Waals surface area contributed by atoms with E-state index in [0.717, 1.165) is 16.6 Å². The van der Waals surface area contributed by atoms with E-state index in [0.29, 0.717) is 12.1 Å². The fourth-order valence-corrected chi connectivity index (χ4v) is 4.15. The highest BCUT2D eigenvalue weighted by Crippen LogP contribution is 2.34. The number of carboxylic acid groups (broad SMARTS) is 1. The smallest absolute Gasteiger partial charge is 0.339 e. The molecule has 4 rings (SSSR count). The summed E-state index contributed by atoms with van der Waals surface area (Å²) in [6.45, 7) is 5.88. The van der Waals surface area contributed by atoms with Gasteiger partial charge in [0.2, 0.25) is 5.62 Å². The van der Waals surface area contributed by atoms with Crippen LogP contribution < -0.4 is 5.62 Å². The van der Waals surface area contributed by atoms with E-state index in [1.807, 2.05) is 79.9 Å². The summed E-state index contributed by atoms with van der Waals surface area (Å²) >= 11 is 0. The summed E-state index contributed by atoms with van der Waals surface area (Å²) in [4.78, 5) is 25.1. The van der Waals surface area contributed by atoms with Gasteiger partial charge in [0.05, 0.1) is 24.1 Å². The van der Waals surface area contributed by atoms with Gasteiger partial charge in [-0.3, -0.25) is 10.2 Å². The molecular formula is C27H28BrN3O4. The maximum Gasteiger partial charge on any atom is 0.339 e. The van der Waals surface area contributed by atoms with Gasteiger partial charge >= 0.3 is 5.97 Å². The molecule has 0 saturated carbocycles. The minimum absolute atomic E-state index is 0. The number of Topliss-reactive ketones (excluding diaryl/α,β-unsaturated/α-hetero) is 1. The van der Waals surface area contributed by atoms with Gasteiger partial charge in [0.15, 0.2) is 5.78 Å². The molecule has 0 amide bonds. The number of para-hydroxylation sites is 2. The third-order valence-electron chi connectivity index (χ3n) is 5.93. The number of aromatic hydroxyl groups is 1. The molecule has 0 unspecified atom stereocenters. The zero-order chi connectivity index (χ0) is 24.6. The van der Waals surface area contributed by atoms with Crippen LogP contribution in [0.5, 0.6) is 5.75 Å². The van der Waals surface area contributed by atoms with Crippen LogP contribution in [-0.4, -0.2) is 31.1 Å². The standard InChI is InChI=1S/C27H27N3O4.BrH/c1-27(2,3)20-14-18(13-19(24(20)32)25(33)34)23(31)16-30-22-12-8-7-11-21(22)29(26(30)28)15-17-9-5-4-6-10-17;/h4-14,28,32H,15-16H2,1-3H3,(H,33,34);1H. The summed E-state index contributed by atoms with van der Waals surface area (Å²) in [7, 11) is 0. The second kappa shape index (κ2) is 9.92. The molecule has 1 aromatic heterocycles. The summed E-state index contributed by atoms with van der Waals surface area (Å²) in [6.07, 6.45) is 0. The lowest BCUT2D eigenvalue weighted by Crippen LogP contribution is -2.28. The topological polar surface area (TPSA) is 108 Å². The van der Waals surface area contributed by atoms with Crippen LogP contribution >= 0.6 is 17.0 Å². The van der Waals surface area contributed by atoms with Crippen LogP contribution in [0.4, 0.5) is 0 Å². The molecule has 0 radical (unpaired) electrons. The van der Waals surface area contributed by atoms with Gasteiger partial charge in [0, 0.05) is 11.1 Å². The summed E-state index contributed by atoms with van der Waals surface area (Å²) in [6, 6.07) is 20.1. The molecule has 0 aliphatic carbocycles. The van der Waals surface area contributed by atoms with E-state index in [2.05, 4.69) is 0 Å². The van der Waals surface area contributed by atoms with Crippen molar-refractivity contribution in [3.05, 3.63) is 94.6 Å². The lowest BCUT2D eigenvalue weighted by atomic mass is 9.83. The predicted molar refractivity (Wildman–Crippen MR) is 140 cm³/mol. The van der Waals surface area contributed by atoms with Crippen LogP contribution in [0.3, 0.4) is 0 Å². The van der Waals surface area contributed by atoms with E-state index in [1.54, 1.807) is 10.6 Å². The molecule has 0 fully saturated rings. The first-order chi connectivity index (χ1) is 16.1. The predicted octanol–water partition coefficient (Wildman–Crippen LogP) is 5.13. The van der Waals surface area contributed by atoms with E-state index in [-0.39, 0.29) is 51.8 Å². The van der Waals surface area contributed by atoms with Crippen LogP contribution in [0.25, 0.3) is 11.0 Å².